The van der Waals surface area contributed by atoms with E-state index in [2.05, 4.69) is 25.8 Å². The zero-order chi connectivity index (χ0) is 13.8. The Morgan fingerprint density at radius 2 is 2.21 bits per heavy atom. The van der Waals surface area contributed by atoms with Crippen LogP contribution < -0.4 is 10.6 Å². The van der Waals surface area contributed by atoms with E-state index in [0.717, 1.165) is 0 Å². The second-order valence-corrected chi connectivity index (χ2v) is 4.15. The van der Waals surface area contributed by atoms with Crippen LogP contribution in [-0.2, 0) is 7.05 Å². The van der Waals surface area contributed by atoms with Gasteiger partial charge in [-0.15, -0.1) is 10.2 Å². The topological polar surface area (TPSA) is 84.7 Å². The molecule has 7 heteroatoms. The molecule has 7 nitrogen and oxygen atoms in total. The van der Waals surface area contributed by atoms with Crippen LogP contribution in [0.4, 0.5) is 5.82 Å². The summed E-state index contributed by atoms with van der Waals surface area (Å²) in [5.41, 5.74) is 0.362. The predicted molar refractivity (Wildman–Crippen MR) is 70.7 cm³/mol. The van der Waals surface area contributed by atoms with Crippen molar-refractivity contribution in [1.29, 1.82) is 0 Å². The highest BCUT2D eigenvalue weighted by molar-refractivity contribution is 5.92. The van der Waals surface area contributed by atoms with Gasteiger partial charge in [-0.05, 0) is 19.1 Å². The molecule has 0 aliphatic rings. The fourth-order valence-electron chi connectivity index (χ4n) is 1.72. The number of aromatic nitrogens is 4. The smallest absolute Gasteiger partial charge is 0.270 e. The van der Waals surface area contributed by atoms with Crippen molar-refractivity contribution in [3.05, 3.63) is 36.0 Å². The maximum Gasteiger partial charge on any atom is 0.270 e. The number of anilines is 1. The van der Waals surface area contributed by atoms with E-state index < -0.39 is 0 Å². The van der Waals surface area contributed by atoms with Gasteiger partial charge in [-0.3, -0.25) is 4.79 Å². The van der Waals surface area contributed by atoms with Crippen molar-refractivity contribution >= 4 is 11.7 Å². The third kappa shape index (κ3) is 2.87. The molecule has 0 saturated carbocycles. The Morgan fingerprint density at radius 1 is 1.42 bits per heavy atom. The Balaban J connectivity index is 2.10. The van der Waals surface area contributed by atoms with Gasteiger partial charge in [-0.1, -0.05) is 6.07 Å². The van der Waals surface area contributed by atoms with E-state index in [1.165, 1.54) is 0 Å². The fourth-order valence-corrected chi connectivity index (χ4v) is 1.72. The molecule has 0 bridgehead atoms. The lowest BCUT2D eigenvalue weighted by atomic mass is 10.2. The number of amides is 1. The molecule has 19 heavy (non-hydrogen) atoms. The molecule has 0 aliphatic carbocycles. The summed E-state index contributed by atoms with van der Waals surface area (Å²) in [7, 11) is 3.59. The summed E-state index contributed by atoms with van der Waals surface area (Å²) in [4.78, 5) is 16.3. The molecule has 1 unspecified atom stereocenters. The van der Waals surface area contributed by atoms with E-state index in [1.54, 1.807) is 36.1 Å². The fraction of sp³-hybridized carbons (Fsp3) is 0.333. The maximum absolute atomic E-state index is 12.1. The average Bonchev–Trinajstić information content (AvgIpc) is 2.85. The summed E-state index contributed by atoms with van der Waals surface area (Å²) < 4.78 is 1.77. The molecule has 2 N–H and O–H groups in total. The first-order valence-electron chi connectivity index (χ1n) is 5.91. The van der Waals surface area contributed by atoms with Crippen molar-refractivity contribution in [2.45, 2.75) is 13.0 Å². The van der Waals surface area contributed by atoms with Gasteiger partial charge in [0, 0.05) is 14.1 Å². The largest absolute Gasteiger partial charge is 0.373 e. The molecular formula is C12H16N6O. The highest BCUT2D eigenvalue weighted by atomic mass is 16.1. The zero-order valence-corrected chi connectivity index (χ0v) is 11.1. The van der Waals surface area contributed by atoms with Gasteiger partial charge < -0.3 is 15.2 Å². The van der Waals surface area contributed by atoms with Crippen LogP contribution >= 0.6 is 0 Å². The standard InChI is InChI=1S/C12H16N6O/c1-8(11-17-14-7-18(11)3)15-12(19)9-5-4-6-10(13-2)16-9/h4-8H,1-3H3,(H,13,16)(H,15,19). The summed E-state index contributed by atoms with van der Waals surface area (Å²) >= 11 is 0. The Hall–Kier alpha value is -2.44. The van der Waals surface area contributed by atoms with Gasteiger partial charge >= 0.3 is 0 Å². The van der Waals surface area contributed by atoms with Crippen molar-refractivity contribution < 1.29 is 4.79 Å². The summed E-state index contributed by atoms with van der Waals surface area (Å²) in [5.74, 6) is 1.10. The van der Waals surface area contributed by atoms with Crippen LogP contribution in [-0.4, -0.2) is 32.7 Å². The zero-order valence-electron chi connectivity index (χ0n) is 11.1. The third-order valence-corrected chi connectivity index (χ3v) is 2.72. The van der Waals surface area contributed by atoms with Crippen LogP contribution in [0, 0.1) is 0 Å². The van der Waals surface area contributed by atoms with E-state index >= 15 is 0 Å². The molecule has 0 fully saturated rings. The first-order valence-corrected chi connectivity index (χ1v) is 5.91. The van der Waals surface area contributed by atoms with Crippen LogP contribution in [0.1, 0.15) is 29.3 Å². The van der Waals surface area contributed by atoms with E-state index in [-0.39, 0.29) is 11.9 Å². The minimum absolute atomic E-state index is 0.236. The number of carbonyl (C=O) groups excluding carboxylic acids is 1. The summed E-state index contributed by atoms with van der Waals surface area (Å²) in [6.07, 6.45) is 1.60. The third-order valence-electron chi connectivity index (χ3n) is 2.72. The number of hydrogen-bond acceptors (Lipinski definition) is 5. The lowest BCUT2D eigenvalue weighted by molar-refractivity contribution is 0.0933. The molecule has 0 aromatic carbocycles. The monoisotopic (exact) mass is 260 g/mol. The molecule has 2 aromatic heterocycles. The van der Waals surface area contributed by atoms with Gasteiger partial charge in [0.25, 0.3) is 5.91 Å². The highest BCUT2D eigenvalue weighted by Crippen LogP contribution is 2.09. The minimum Gasteiger partial charge on any atom is -0.373 e. The van der Waals surface area contributed by atoms with Crippen LogP contribution in [0.5, 0.6) is 0 Å². The quantitative estimate of drug-likeness (QED) is 0.847. The van der Waals surface area contributed by atoms with E-state index in [4.69, 9.17) is 0 Å². The highest BCUT2D eigenvalue weighted by Gasteiger charge is 2.16. The van der Waals surface area contributed by atoms with E-state index in [0.29, 0.717) is 17.3 Å². The number of nitrogens with zero attached hydrogens (tertiary/aromatic N) is 4. The van der Waals surface area contributed by atoms with Gasteiger partial charge in [0.2, 0.25) is 0 Å². The molecular weight excluding hydrogens is 244 g/mol. The Kier molecular flexibility index (Phi) is 3.74. The molecule has 0 spiro atoms. The average molecular weight is 260 g/mol. The van der Waals surface area contributed by atoms with E-state index in [1.807, 2.05) is 14.0 Å². The van der Waals surface area contributed by atoms with Crippen molar-refractivity contribution in [1.82, 2.24) is 25.1 Å². The predicted octanol–water partition coefficient (Wildman–Crippen LogP) is 0.743. The van der Waals surface area contributed by atoms with Crippen molar-refractivity contribution in [2.75, 3.05) is 12.4 Å². The molecule has 2 rings (SSSR count). The Morgan fingerprint density at radius 3 is 2.84 bits per heavy atom. The van der Waals surface area contributed by atoms with Crippen LogP contribution in [0.2, 0.25) is 0 Å². The maximum atomic E-state index is 12.1. The SMILES string of the molecule is CNc1cccc(C(=O)NC(C)c2nncn2C)n1. The van der Waals surface area contributed by atoms with Gasteiger partial charge in [0.1, 0.15) is 17.8 Å². The Labute approximate surface area is 111 Å². The van der Waals surface area contributed by atoms with Crippen molar-refractivity contribution in [2.24, 2.45) is 7.05 Å². The number of rotatable bonds is 4. The molecule has 2 heterocycles. The van der Waals surface area contributed by atoms with Crippen LogP contribution in [0.3, 0.4) is 0 Å². The number of nitrogens with one attached hydrogen (secondary N) is 2. The van der Waals surface area contributed by atoms with Crippen LogP contribution in [0.25, 0.3) is 0 Å². The number of pyridine rings is 1. The lowest BCUT2D eigenvalue weighted by Gasteiger charge is -2.12. The second kappa shape index (κ2) is 5.47. The number of carbonyl (C=O) groups is 1. The van der Waals surface area contributed by atoms with Gasteiger partial charge in [-0.2, -0.15) is 0 Å². The van der Waals surface area contributed by atoms with Crippen molar-refractivity contribution in [3.63, 3.8) is 0 Å². The summed E-state index contributed by atoms with van der Waals surface area (Å²) in [6.45, 7) is 1.85. The van der Waals surface area contributed by atoms with Gasteiger partial charge in [0.05, 0.1) is 6.04 Å². The summed E-state index contributed by atoms with van der Waals surface area (Å²) in [6, 6.07) is 5.00. The molecule has 2 aromatic rings. The van der Waals surface area contributed by atoms with Crippen molar-refractivity contribution in [3.8, 4) is 0 Å². The number of hydrogen-bond donors (Lipinski definition) is 2. The lowest BCUT2D eigenvalue weighted by Crippen LogP contribution is -2.29. The molecule has 0 radical (unpaired) electrons. The second-order valence-electron chi connectivity index (χ2n) is 4.15. The number of aryl methyl sites for hydroxylation is 1. The van der Waals surface area contributed by atoms with E-state index in [9.17, 15) is 4.79 Å². The van der Waals surface area contributed by atoms with Crippen LogP contribution in [0.15, 0.2) is 24.5 Å². The minimum atomic E-state index is -0.243. The molecule has 100 valence electrons. The normalized spacial score (nSPS) is 11.9. The molecule has 1 amide bonds. The first kappa shape index (κ1) is 13.0. The van der Waals surface area contributed by atoms with Gasteiger partial charge in [-0.25, -0.2) is 4.98 Å². The first-order chi connectivity index (χ1) is 9.11. The van der Waals surface area contributed by atoms with Gasteiger partial charge in [0.15, 0.2) is 5.82 Å². The molecule has 0 saturated heterocycles. The molecule has 1 atom stereocenters. The summed E-state index contributed by atoms with van der Waals surface area (Å²) in [5, 5.41) is 13.5. The molecule has 0 aliphatic heterocycles. The Bertz CT molecular complexity index is 579.